The Morgan fingerprint density at radius 1 is 1.21 bits per heavy atom. The number of carbonyl (C=O) groups is 1. The number of halogens is 2. The van der Waals surface area contributed by atoms with Crippen molar-refractivity contribution in [3.05, 3.63) is 65.5 Å². The summed E-state index contributed by atoms with van der Waals surface area (Å²) in [7, 11) is 0. The molecule has 2 aromatic heterocycles. The Bertz CT molecular complexity index is 1340. The van der Waals surface area contributed by atoms with E-state index in [0.717, 1.165) is 12.8 Å². The van der Waals surface area contributed by atoms with Crippen molar-refractivity contribution in [1.29, 1.82) is 0 Å². The van der Waals surface area contributed by atoms with Gasteiger partial charge in [0.05, 0.1) is 29.7 Å². The standard InChI is InChI=1S/C24H24F2N6O2/c1-14-4-3-11-31(20(14)13-27-24-30-18-12-16(25)5-8-21(18)34-24)23(33)22-15(2)17(26)6-7-19(22)32-28-9-10-29-32/h5-10,12,14,20H,3-4,11,13H2,1-2H3,(H,27,30)/t14-,20-/m1/s1. The van der Waals surface area contributed by atoms with Crippen LogP contribution in [0.3, 0.4) is 0 Å². The molecule has 1 fully saturated rings. The largest absolute Gasteiger partial charge is 0.424 e. The van der Waals surface area contributed by atoms with E-state index in [1.807, 2.05) is 0 Å². The first-order valence-corrected chi connectivity index (χ1v) is 11.2. The summed E-state index contributed by atoms with van der Waals surface area (Å²) in [5.74, 6) is -0.940. The Balaban J connectivity index is 1.44. The van der Waals surface area contributed by atoms with Crippen molar-refractivity contribution < 1.29 is 18.0 Å². The van der Waals surface area contributed by atoms with Crippen LogP contribution in [0, 0.1) is 24.5 Å². The molecule has 10 heteroatoms. The number of piperidine rings is 1. The lowest BCUT2D eigenvalue weighted by Crippen LogP contribution is -2.51. The van der Waals surface area contributed by atoms with Crippen LogP contribution in [-0.4, -0.2) is 49.9 Å². The SMILES string of the molecule is Cc1c(F)ccc(-n2nccn2)c1C(=O)N1CCC[C@@H](C)[C@H]1CNc1nc2cc(F)ccc2o1. The van der Waals surface area contributed by atoms with E-state index in [0.29, 0.717) is 29.9 Å². The minimum absolute atomic E-state index is 0.186. The van der Waals surface area contributed by atoms with Gasteiger partial charge in [-0.3, -0.25) is 4.79 Å². The zero-order chi connectivity index (χ0) is 23.8. The van der Waals surface area contributed by atoms with E-state index in [9.17, 15) is 13.6 Å². The molecular formula is C24H24F2N6O2. The number of rotatable bonds is 5. The molecule has 0 radical (unpaired) electrons. The van der Waals surface area contributed by atoms with Crippen LogP contribution in [0.25, 0.3) is 16.8 Å². The van der Waals surface area contributed by atoms with Crippen molar-refractivity contribution in [1.82, 2.24) is 24.9 Å². The molecule has 2 atom stereocenters. The molecule has 5 rings (SSSR count). The van der Waals surface area contributed by atoms with Gasteiger partial charge in [-0.2, -0.15) is 20.0 Å². The summed E-state index contributed by atoms with van der Waals surface area (Å²) in [5, 5.41) is 11.4. The summed E-state index contributed by atoms with van der Waals surface area (Å²) in [4.78, 5) is 21.2. The fraction of sp³-hybridized carbons (Fsp3) is 0.333. The fourth-order valence-electron chi connectivity index (χ4n) is 4.57. The molecule has 0 bridgehead atoms. The highest BCUT2D eigenvalue weighted by Gasteiger charge is 2.35. The first-order chi connectivity index (χ1) is 16.4. The number of oxazole rings is 1. The van der Waals surface area contributed by atoms with Gasteiger partial charge in [-0.25, -0.2) is 8.78 Å². The Morgan fingerprint density at radius 2 is 2.00 bits per heavy atom. The molecule has 1 saturated heterocycles. The Morgan fingerprint density at radius 3 is 2.79 bits per heavy atom. The number of hydrogen-bond donors (Lipinski definition) is 1. The first-order valence-electron chi connectivity index (χ1n) is 11.2. The van der Waals surface area contributed by atoms with Gasteiger partial charge in [-0.15, -0.1) is 0 Å². The van der Waals surface area contributed by atoms with Gasteiger partial charge in [-0.1, -0.05) is 6.92 Å². The van der Waals surface area contributed by atoms with Gasteiger partial charge in [0.15, 0.2) is 5.58 Å². The van der Waals surface area contributed by atoms with Crippen LogP contribution in [0.2, 0.25) is 0 Å². The van der Waals surface area contributed by atoms with E-state index in [-0.39, 0.29) is 35.0 Å². The second kappa shape index (κ2) is 8.85. The highest BCUT2D eigenvalue weighted by atomic mass is 19.1. The Kier molecular flexibility index (Phi) is 5.72. The predicted molar refractivity (Wildman–Crippen MR) is 122 cm³/mol. The zero-order valence-corrected chi connectivity index (χ0v) is 18.8. The molecule has 1 aliphatic heterocycles. The lowest BCUT2D eigenvalue weighted by atomic mass is 9.89. The molecule has 176 valence electrons. The minimum atomic E-state index is -0.460. The van der Waals surface area contributed by atoms with Crippen molar-refractivity contribution >= 4 is 23.0 Å². The number of nitrogens with zero attached hydrogens (tertiary/aromatic N) is 5. The van der Waals surface area contributed by atoms with Crippen molar-refractivity contribution in [3.63, 3.8) is 0 Å². The highest BCUT2D eigenvalue weighted by molar-refractivity contribution is 5.99. The van der Waals surface area contributed by atoms with E-state index < -0.39 is 11.6 Å². The van der Waals surface area contributed by atoms with Gasteiger partial charge < -0.3 is 14.6 Å². The topological polar surface area (TPSA) is 89.1 Å². The van der Waals surface area contributed by atoms with Crippen LogP contribution < -0.4 is 5.32 Å². The number of carbonyl (C=O) groups excluding carboxylic acids is 1. The number of likely N-dealkylation sites (tertiary alicyclic amines) is 1. The molecule has 1 N–H and O–H groups in total. The number of fused-ring (bicyclic) bond motifs is 1. The molecule has 2 aromatic carbocycles. The van der Waals surface area contributed by atoms with Crippen molar-refractivity contribution in [2.24, 2.45) is 5.92 Å². The number of hydrogen-bond acceptors (Lipinski definition) is 6. The molecule has 4 aromatic rings. The molecule has 0 aliphatic carbocycles. The molecule has 8 nitrogen and oxygen atoms in total. The third-order valence-electron chi connectivity index (χ3n) is 6.41. The van der Waals surface area contributed by atoms with Gasteiger partial charge in [0, 0.05) is 19.2 Å². The number of benzene rings is 2. The monoisotopic (exact) mass is 466 g/mol. The van der Waals surface area contributed by atoms with Crippen molar-refractivity contribution in [2.75, 3.05) is 18.4 Å². The Labute approximate surface area is 194 Å². The van der Waals surface area contributed by atoms with E-state index >= 15 is 0 Å². The van der Waals surface area contributed by atoms with Gasteiger partial charge in [-0.05, 0) is 55.5 Å². The van der Waals surface area contributed by atoms with Crippen LogP contribution in [0.1, 0.15) is 35.7 Å². The molecule has 0 saturated carbocycles. The average Bonchev–Trinajstić information content (AvgIpc) is 3.49. The summed E-state index contributed by atoms with van der Waals surface area (Å²) in [6.45, 7) is 4.59. The molecule has 34 heavy (non-hydrogen) atoms. The van der Waals surface area contributed by atoms with Crippen LogP contribution in [0.15, 0.2) is 47.1 Å². The molecule has 1 aliphatic rings. The number of anilines is 1. The van der Waals surface area contributed by atoms with E-state index in [1.54, 1.807) is 11.8 Å². The second-order valence-corrected chi connectivity index (χ2v) is 8.58. The van der Waals surface area contributed by atoms with Gasteiger partial charge in [0.1, 0.15) is 17.2 Å². The van der Waals surface area contributed by atoms with Crippen molar-refractivity contribution in [2.45, 2.75) is 32.7 Å². The maximum Gasteiger partial charge on any atom is 0.295 e. The molecule has 0 spiro atoms. The molecule has 1 amide bonds. The molecule has 0 unspecified atom stereocenters. The number of nitrogens with one attached hydrogen (secondary N) is 1. The van der Waals surface area contributed by atoms with E-state index in [2.05, 4.69) is 27.4 Å². The highest BCUT2D eigenvalue weighted by Crippen LogP contribution is 2.29. The summed E-state index contributed by atoms with van der Waals surface area (Å²) in [6, 6.07) is 7.06. The fourth-order valence-corrected chi connectivity index (χ4v) is 4.57. The normalized spacial score (nSPS) is 18.4. The smallest absolute Gasteiger partial charge is 0.295 e. The van der Waals surface area contributed by atoms with Gasteiger partial charge >= 0.3 is 0 Å². The first kappa shape index (κ1) is 22.0. The van der Waals surface area contributed by atoms with Crippen LogP contribution in [0.4, 0.5) is 14.8 Å². The quantitative estimate of drug-likeness (QED) is 0.471. The molecule has 3 heterocycles. The lowest BCUT2D eigenvalue weighted by Gasteiger charge is -2.40. The van der Waals surface area contributed by atoms with Crippen LogP contribution >= 0.6 is 0 Å². The number of aromatic nitrogens is 4. The maximum atomic E-state index is 14.5. The summed E-state index contributed by atoms with van der Waals surface area (Å²) in [5.41, 5.74) is 1.82. The predicted octanol–water partition coefficient (Wildman–Crippen LogP) is 4.35. The Hall–Kier alpha value is -3.82. The number of amides is 1. The maximum absolute atomic E-state index is 14.5. The average molecular weight is 466 g/mol. The van der Waals surface area contributed by atoms with Gasteiger partial charge in [0.25, 0.3) is 11.9 Å². The second-order valence-electron chi connectivity index (χ2n) is 8.58. The third-order valence-corrected chi connectivity index (χ3v) is 6.41. The van der Waals surface area contributed by atoms with E-state index in [1.165, 1.54) is 47.5 Å². The van der Waals surface area contributed by atoms with Crippen molar-refractivity contribution in [3.8, 4) is 5.69 Å². The summed E-state index contributed by atoms with van der Waals surface area (Å²) < 4.78 is 33.7. The summed E-state index contributed by atoms with van der Waals surface area (Å²) >= 11 is 0. The van der Waals surface area contributed by atoms with Crippen LogP contribution in [0.5, 0.6) is 0 Å². The van der Waals surface area contributed by atoms with Gasteiger partial charge in [0.2, 0.25) is 0 Å². The minimum Gasteiger partial charge on any atom is -0.424 e. The third kappa shape index (κ3) is 4.00. The van der Waals surface area contributed by atoms with E-state index in [4.69, 9.17) is 4.42 Å². The summed E-state index contributed by atoms with van der Waals surface area (Å²) in [6.07, 6.45) is 4.81. The lowest BCUT2D eigenvalue weighted by molar-refractivity contribution is 0.0537. The zero-order valence-electron chi connectivity index (χ0n) is 18.8. The van der Waals surface area contributed by atoms with Crippen LogP contribution in [-0.2, 0) is 0 Å². The molecular weight excluding hydrogens is 442 g/mol.